The fourth-order valence-corrected chi connectivity index (χ4v) is 2.99. The highest BCUT2D eigenvalue weighted by molar-refractivity contribution is 7.10. The molecule has 4 nitrogen and oxygen atoms in total. The highest BCUT2D eigenvalue weighted by atomic mass is 35.5. The number of hydrogen-bond donors (Lipinski definition) is 0. The third-order valence-electron chi connectivity index (χ3n) is 3.08. The summed E-state index contributed by atoms with van der Waals surface area (Å²) in [5.74, 6) is 1.38. The van der Waals surface area contributed by atoms with E-state index in [0.29, 0.717) is 11.8 Å². The Kier molecular flexibility index (Phi) is 3.18. The SMILES string of the molecule is Cc1sccc1-c1nc(Cl)nc(N2CCCC2)n1. The fourth-order valence-electron chi connectivity index (χ4n) is 2.14. The van der Waals surface area contributed by atoms with Gasteiger partial charge < -0.3 is 4.90 Å². The van der Waals surface area contributed by atoms with Gasteiger partial charge in [0.1, 0.15) is 0 Å². The van der Waals surface area contributed by atoms with Crippen molar-refractivity contribution in [2.24, 2.45) is 0 Å². The Morgan fingerprint density at radius 2 is 2.00 bits per heavy atom. The number of aryl methyl sites for hydroxylation is 1. The summed E-state index contributed by atoms with van der Waals surface area (Å²) >= 11 is 7.70. The van der Waals surface area contributed by atoms with E-state index < -0.39 is 0 Å². The van der Waals surface area contributed by atoms with E-state index in [0.717, 1.165) is 18.7 Å². The number of aromatic nitrogens is 3. The van der Waals surface area contributed by atoms with Gasteiger partial charge in [-0.2, -0.15) is 15.0 Å². The molecule has 3 rings (SSSR count). The monoisotopic (exact) mass is 280 g/mol. The zero-order valence-corrected chi connectivity index (χ0v) is 11.6. The summed E-state index contributed by atoms with van der Waals surface area (Å²) < 4.78 is 0. The maximum absolute atomic E-state index is 6.01. The van der Waals surface area contributed by atoms with Crippen molar-refractivity contribution in [2.75, 3.05) is 18.0 Å². The molecule has 1 saturated heterocycles. The summed E-state index contributed by atoms with van der Waals surface area (Å²) in [5, 5.41) is 2.31. The molecule has 2 aromatic heterocycles. The van der Waals surface area contributed by atoms with Gasteiger partial charge in [-0.15, -0.1) is 11.3 Å². The lowest BCUT2D eigenvalue weighted by Crippen LogP contribution is -2.21. The van der Waals surface area contributed by atoms with Crippen molar-refractivity contribution < 1.29 is 0 Å². The van der Waals surface area contributed by atoms with Gasteiger partial charge >= 0.3 is 0 Å². The number of hydrogen-bond acceptors (Lipinski definition) is 5. The molecule has 1 aliphatic rings. The summed E-state index contributed by atoms with van der Waals surface area (Å²) in [7, 11) is 0. The first-order chi connectivity index (χ1) is 8.74. The van der Waals surface area contributed by atoms with Crippen molar-refractivity contribution in [3.8, 4) is 11.4 Å². The molecule has 1 aliphatic heterocycles. The molecule has 18 heavy (non-hydrogen) atoms. The van der Waals surface area contributed by atoms with Crippen molar-refractivity contribution in [2.45, 2.75) is 19.8 Å². The molecular formula is C12H13ClN4S. The van der Waals surface area contributed by atoms with E-state index in [1.54, 1.807) is 11.3 Å². The molecule has 0 aliphatic carbocycles. The van der Waals surface area contributed by atoms with Crippen molar-refractivity contribution in [3.63, 3.8) is 0 Å². The van der Waals surface area contributed by atoms with Crippen LogP contribution in [0, 0.1) is 6.92 Å². The van der Waals surface area contributed by atoms with Crippen LogP contribution < -0.4 is 4.90 Å². The second-order valence-electron chi connectivity index (χ2n) is 4.31. The first-order valence-electron chi connectivity index (χ1n) is 5.95. The molecule has 0 unspecified atom stereocenters. The van der Waals surface area contributed by atoms with Gasteiger partial charge in [-0.25, -0.2) is 0 Å². The van der Waals surface area contributed by atoms with E-state index in [4.69, 9.17) is 11.6 Å². The van der Waals surface area contributed by atoms with Gasteiger partial charge in [-0.05, 0) is 42.8 Å². The Bertz CT molecular complexity index is 563. The van der Waals surface area contributed by atoms with Crippen LogP contribution in [0.25, 0.3) is 11.4 Å². The molecule has 0 aromatic carbocycles. The van der Waals surface area contributed by atoms with Crippen LogP contribution in [-0.2, 0) is 0 Å². The average Bonchev–Trinajstić information content (AvgIpc) is 2.98. The molecule has 6 heteroatoms. The minimum atomic E-state index is 0.271. The number of anilines is 1. The molecule has 0 saturated carbocycles. The Morgan fingerprint density at radius 1 is 1.22 bits per heavy atom. The quantitative estimate of drug-likeness (QED) is 0.847. The number of nitrogens with zero attached hydrogens (tertiary/aromatic N) is 4. The van der Waals surface area contributed by atoms with Crippen LogP contribution in [0.1, 0.15) is 17.7 Å². The normalized spacial score (nSPS) is 15.3. The molecular weight excluding hydrogens is 268 g/mol. The summed E-state index contributed by atoms with van der Waals surface area (Å²) in [4.78, 5) is 16.4. The molecule has 1 fully saturated rings. The Labute approximate surface area is 115 Å². The van der Waals surface area contributed by atoms with E-state index in [1.807, 2.05) is 11.4 Å². The van der Waals surface area contributed by atoms with E-state index in [9.17, 15) is 0 Å². The van der Waals surface area contributed by atoms with Gasteiger partial charge in [0.2, 0.25) is 11.2 Å². The van der Waals surface area contributed by atoms with E-state index in [-0.39, 0.29) is 5.28 Å². The second-order valence-corrected chi connectivity index (χ2v) is 5.77. The zero-order chi connectivity index (χ0) is 12.5. The van der Waals surface area contributed by atoms with Crippen molar-refractivity contribution >= 4 is 28.9 Å². The smallest absolute Gasteiger partial charge is 0.230 e. The molecule has 94 valence electrons. The molecule has 0 N–H and O–H groups in total. The van der Waals surface area contributed by atoms with E-state index in [1.165, 1.54) is 17.7 Å². The van der Waals surface area contributed by atoms with Gasteiger partial charge in [-0.3, -0.25) is 0 Å². The number of thiophene rings is 1. The molecule has 0 radical (unpaired) electrons. The molecule has 2 aromatic rings. The summed E-state index contributed by atoms with van der Waals surface area (Å²) in [6.07, 6.45) is 2.38. The molecule has 0 atom stereocenters. The molecule has 0 amide bonds. The number of rotatable bonds is 2. The van der Waals surface area contributed by atoms with Gasteiger partial charge in [-0.1, -0.05) is 0 Å². The summed E-state index contributed by atoms with van der Waals surface area (Å²) in [5.41, 5.74) is 1.05. The largest absolute Gasteiger partial charge is 0.341 e. The first kappa shape index (κ1) is 11.9. The topological polar surface area (TPSA) is 41.9 Å². The van der Waals surface area contributed by atoms with Crippen LogP contribution in [0.15, 0.2) is 11.4 Å². The fraction of sp³-hybridized carbons (Fsp3) is 0.417. The molecule has 0 spiro atoms. The first-order valence-corrected chi connectivity index (χ1v) is 7.21. The van der Waals surface area contributed by atoms with Crippen LogP contribution in [0.3, 0.4) is 0 Å². The van der Waals surface area contributed by atoms with Crippen LogP contribution in [0.5, 0.6) is 0 Å². The van der Waals surface area contributed by atoms with Crippen molar-refractivity contribution in [1.82, 2.24) is 15.0 Å². The van der Waals surface area contributed by atoms with E-state index >= 15 is 0 Å². The highest BCUT2D eigenvalue weighted by Crippen LogP contribution is 2.27. The van der Waals surface area contributed by atoms with Crippen LogP contribution >= 0.6 is 22.9 Å². The third kappa shape index (κ3) is 2.20. The Morgan fingerprint density at radius 3 is 2.67 bits per heavy atom. The second kappa shape index (κ2) is 4.82. The molecule has 0 bridgehead atoms. The van der Waals surface area contributed by atoms with Crippen LogP contribution in [0.4, 0.5) is 5.95 Å². The predicted octanol–water partition coefficient (Wildman–Crippen LogP) is 3.16. The van der Waals surface area contributed by atoms with Gasteiger partial charge in [0.15, 0.2) is 5.82 Å². The van der Waals surface area contributed by atoms with Gasteiger partial charge in [0, 0.05) is 23.5 Å². The Balaban J connectivity index is 2.03. The van der Waals surface area contributed by atoms with E-state index in [2.05, 4.69) is 26.8 Å². The van der Waals surface area contributed by atoms with Crippen LogP contribution in [0.2, 0.25) is 5.28 Å². The lowest BCUT2D eigenvalue weighted by Gasteiger charge is -2.15. The van der Waals surface area contributed by atoms with Gasteiger partial charge in [0.05, 0.1) is 0 Å². The standard InChI is InChI=1S/C12H13ClN4S/c1-8-9(4-7-18-8)10-14-11(13)16-12(15-10)17-5-2-3-6-17/h4,7H,2-3,5-6H2,1H3. The zero-order valence-electron chi connectivity index (χ0n) is 10.1. The minimum Gasteiger partial charge on any atom is -0.341 e. The van der Waals surface area contributed by atoms with Crippen LogP contribution in [-0.4, -0.2) is 28.0 Å². The predicted molar refractivity (Wildman–Crippen MR) is 74.3 cm³/mol. The summed E-state index contributed by atoms with van der Waals surface area (Å²) in [6.45, 7) is 4.07. The minimum absolute atomic E-state index is 0.271. The maximum Gasteiger partial charge on any atom is 0.230 e. The summed E-state index contributed by atoms with van der Waals surface area (Å²) in [6, 6.07) is 2.03. The lowest BCUT2D eigenvalue weighted by molar-refractivity contribution is 0.883. The van der Waals surface area contributed by atoms with Crippen molar-refractivity contribution in [3.05, 3.63) is 21.6 Å². The number of halogens is 1. The molecule has 3 heterocycles. The Hall–Kier alpha value is -1.20. The third-order valence-corrected chi connectivity index (χ3v) is 4.10. The van der Waals surface area contributed by atoms with Crippen molar-refractivity contribution in [1.29, 1.82) is 0 Å². The average molecular weight is 281 g/mol. The maximum atomic E-state index is 6.01. The van der Waals surface area contributed by atoms with Gasteiger partial charge in [0.25, 0.3) is 0 Å². The highest BCUT2D eigenvalue weighted by Gasteiger charge is 2.18. The lowest BCUT2D eigenvalue weighted by atomic mass is 10.2.